The minimum Gasteiger partial charge on any atom is -0.381 e. The van der Waals surface area contributed by atoms with Crippen LogP contribution in [0.5, 0.6) is 0 Å². The monoisotopic (exact) mass is 310 g/mol. The molecule has 0 radical (unpaired) electrons. The normalized spacial score (nSPS) is 19.0. The molecule has 0 aromatic rings. The molecule has 4 nitrogen and oxygen atoms in total. The molecule has 1 fully saturated rings. The molecule has 0 saturated carbocycles. The number of carbonyl (C=O) groups excluding carboxylic acids is 1. The summed E-state index contributed by atoms with van der Waals surface area (Å²) in [6.07, 6.45) is 1.49. The van der Waals surface area contributed by atoms with Crippen molar-refractivity contribution in [1.29, 1.82) is 0 Å². The van der Waals surface area contributed by atoms with Crippen molar-refractivity contribution in [3.05, 3.63) is 0 Å². The molecule has 114 valence electrons. The molecule has 0 aromatic heterocycles. The highest BCUT2D eigenvalue weighted by molar-refractivity contribution is 7.99. The number of ether oxygens (including phenoxy) is 1. The number of hydrogen-bond donors (Lipinski definition) is 2. The van der Waals surface area contributed by atoms with E-state index in [0.717, 1.165) is 44.2 Å². The largest absolute Gasteiger partial charge is 0.381 e. The van der Waals surface area contributed by atoms with E-state index in [1.54, 1.807) is 0 Å². The van der Waals surface area contributed by atoms with Crippen molar-refractivity contribution in [3.8, 4) is 0 Å². The van der Waals surface area contributed by atoms with Crippen LogP contribution in [0.2, 0.25) is 0 Å². The Hall–Kier alpha value is 0.0300. The maximum atomic E-state index is 11.7. The van der Waals surface area contributed by atoms with Gasteiger partial charge in [-0.25, -0.2) is 0 Å². The van der Waals surface area contributed by atoms with E-state index >= 15 is 0 Å². The van der Waals surface area contributed by atoms with E-state index in [-0.39, 0.29) is 18.3 Å². The molecule has 1 aliphatic rings. The van der Waals surface area contributed by atoms with Crippen LogP contribution in [0.15, 0.2) is 0 Å². The fourth-order valence-corrected chi connectivity index (χ4v) is 2.72. The second kappa shape index (κ2) is 11.8. The number of hydrogen-bond acceptors (Lipinski definition) is 4. The fourth-order valence-electron chi connectivity index (χ4n) is 1.77. The Kier molecular flexibility index (Phi) is 11.8. The molecule has 0 aromatic carbocycles. The molecule has 1 saturated heterocycles. The summed E-state index contributed by atoms with van der Waals surface area (Å²) in [6.45, 7) is 7.55. The summed E-state index contributed by atoms with van der Waals surface area (Å²) < 4.78 is 5.46. The van der Waals surface area contributed by atoms with Gasteiger partial charge in [0.2, 0.25) is 5.91 Å². The Morgan fingerprint density at radius 1 is 1.53 bits per heavy atom. The molecule has 1 aliphatic heterocycles. The van der Waals surface area contributed by atoms with Gasteiger partial charge in [0.15, 0.2) is 0 Å². The predicted octanol–water partition coefficient (Wildman–Crippen LogP) is 1.68. The standard InChI is InChI=1S/C13H26N2O2S.ClH/c1-11(2)9-17-6-3-4-15-13(16)8-12-10-18-7-5-14-12;/h11-12,14H,3-10H2,1-2H3,(H,15,16);1H. The Morgan fingerprint density at radius 2 is 2.32 bits per heavy atom. The molecule has 6 heteroatoms. The zero-order valence-electron chi connectivity index (χ0n) is 11.9. The van der Waals surface area contributed by atoms with E-state index in [0.29, 0.717) is 18.4 Å². The number of amides is 1. The Bertz CT molecular complexity index is 237. The second-order valence-electron chi connectivity index (χ2n) is 5.10. The van der Waals surface area contributed by atoms with Crippen LogP contribution in [0.3, 0.4) is 0 Å². The van der Waals surface area contributed by atoms with Crippen molar-refractivity contribution in [2.45, 2.75) is 32.7 Å². The van der Waals surface area contributed by atoms with Gasteiger partial charge in [0, 0.05) is 50.3 Å². The first-order chi connectivity index (χ1) is 8.68. The molecule has 2 N–H and O–H groups in total. The molecule has 0 aliphatic carbocycles. The van der Waals surface area contributed by atoms with Crippen molar-refractivity contribution in [2.75, 3.05) is 37.8 Å². The van der Waals surface area contributed by atoms with Gasteiger partial charge in [0.25, 0.3) is 0 Å². The van der Waals surface area contributed by atoms with E-state index in [1.807, 2.05) is 11.8 Å². The van der Waals surface area contributed by atoms with Crippen molar-refractivity contribution in [2.24, 2.45) is 5.92 Å². The summed E-state index contributed by atoms with van der Waals surface area (Å²) in [5, 5.41) is 6.32. The van der Waals surface area contributed by atoms with Crippen molar-refractivity contribution in [3.63, 3.8) is 0 Å². The number of halogens is 1. The van der Waals surface area contributed by atoms with Crippen LogP contribution in [-0.4, -0.2) is 49.8 Å². The molecule has 0 spiro atoms. The van der Waals surface area contributed by atoms with Crippen LogP contribution in [0, 0.1) is 5.92 Å². The number of carbonyl (C=O) groups is 1. The van der Waals surface area contributed by atoms with Crippen LogP contribution in [-0.2, 0) is 9.53 Å². The summed E-state index contributed by atoms with van der Waals surface area (Å²) in [4.78, 5) is 11.7. The molecule has 0 bridgehead atoms. The number of thioether (sulfide) groups is 1. The molecule has 1 atom stereocenters. The second-order valence-corrected chi connectivity index (χ2v) is 6.25. The number of nitrogens with one attached hydrogen (secondary N) is 2. The van der Waals surface area contributed by atoms with Crippen LogP contribution in [0.25, 0.3) is 0 Å². The molecule has 1 heterocycles. The topological polar surface area (TPSA) is 50.4 Å². The van der Waals surface area contributed by atoms with Crippen LogP contribution >= 0.6 is 24.2 Å². The maximum Gasteiger partial charge on any atom is 0.221 e. The van der Waals surface area contributed by atoms with Gasteiger partial charge in [-0.3, -0.25) is 4.79 Å². The lowest BCUT2D eigenvalue weighted by molar-refractivity contribution is -0.121. The maximum absolute atomic E-state index is 11.7. The minimum atomic E-state index is 0. The highest BCUT2D eigenvalue weighted by Gasteiger charge is 2.16. The predicted molar refractivity (Wildman–Crippen MR) is 84.3 cm³/mol. The van der Waals surface area contributed by atoms with Crippen molar-refractivity contribution < 1.29 is 9.53 Å². The van der Waals surface area contributed by atoms with E-state index < -0.39 is 0 Å². The summed E-state index contributed by atoms with van der Waals surface area (Å²) >= 11 is 1.92. The lowest BCUT2D eigenvalue weighted by Crippen LogP contribution is -2.41. The van der Waals surface area contributed by atoms with Crippen molar-refractivity contribution in [1.82, 2.24) is 10.6 Å². The van der Waals surface area contributed by atoms with Gasteiger partial charge in [0.05, 0.1) is 0 Å². The first kappa shape index (κ1) is 19.0. The molecule has 1 unspecified atom stereocenters. The van der Waals surface area contributed by atoms with E-state index in [4.69, 9.17) is 4.74 Å². The van der Waals surface area contributed by atoms with E-state index in [2.05, 4.69) is 24.5 Å². The Balaban J connectivity index is 0.00000324. The van der Waals surface area contributed by atoms with Crippen LogP contribution < -0.4 is 10.6 Å². The van der Waals surface area contributed by atoms with Gasteiger partial charge in [0.1, 0.15) is 0 Å². The third kappa shape index (κ3) is 10.5. The highest BCUT2D eigenvalue weighted by atomic mass is 35.5. The zero-order chi connectivity index (χ0) is 13.2. The number of rotatable bonds is 8. The van der Waals surface area contributed by atoms with Crippen molar-refractivity contribution >= 4 is 30.1 Å². The third-order valence-electron chi connectivity index (χ3n) is 2.67. The molecule has 1 amide bonds. The Morgan fingerprint density at radius 3 is 2.95 bits per heavy atom. The highest BCUT2D eigenvalue weighted by Crippen LogP contribution is 2.09. The molecular weight excluding hydrogens is 284 g/mol. The summed E-state index contributed by atoms with van der Waals surface area (Å²) in [7, 11) is 0. The van der Waals surface area contributed by atoms with Gasteiger partial charge >= 0.3 is 0 Å². The lowest BCUT2D eigenvalue weighted by Gasteiger charge is -2.22. The van der Waals surface area contributed by atoms with Gasteiger partial charge < -0.3 is 15.4 Å². The van der Waals surface area contributed by atoms with Crippen LogP contribution in [0.1, 0.15) is 26.7 Å². The first-order valence-electron chi connectivity index (χ1n) is 6.84. The van der Waals surface area contributed by atoms with E-state index in [9.17, 15) is 4.79 Å². The summed E-state index contributed by atoms with van der Waals surface area (Å²) in [5.74, 6) is 2.93. The average Bonchev–Trinajstić information content (AvgIpc) is 2.34. The SMILES string of the molecule is CC(C)COCCCNC(=O)CC1CSCCN1.Cl. The first-order valence-corrected chi connectivity index (χ1v) is 7.99. The minimum absolute atomic E-state index is 0. The summed E-state index contributed by atoms with van der Waals surface area (Å²) in [6, 6.07) is 0.348. The molecular formula is C13H27ClN2O2S. The fraction of sp³-hybridized carbons (Fsp3) is 0.923. The van der Waals surface area contributed by atoms with Gasteiger partial charge in [-0.1, -0.05) is 13.8 Å². The van der Waals surface area contributed by atoms with Gasteiger partial charge in [-0.15, -0.1) is 12.4 Å². The smallest absolute Gasteiger partial charge is 0.221 e. The zero-order valence-corrected chi connectivity index (χ0v) is 13.6. The third-order valence-corrected chi connectivity index (χ3v) is 3.80. The Labute approximate surface area is 127 Å². The average molecular weight is 311 g/mol. The van der Waals surface area contributed by atoms with Crippen LogP contribution in [0.4, 0.5) is 0 Å². The van der Waals surface area contributed by atoms with E-state index in [1.165, 1.54) is 0 Å². The van der Waals surface area contributed by atoms with Gasteiger partial charge in [-0.2, -0.15) is 11.8 Å². The molecule has 19 heavy (non-hydrogen) atoms. The summed E-state index contributed by atoms with van der Waals surface area (Å²) in [5.41, 5.74) is 0. The quantitative estimate of drug-likeness (QED) is 0.670. The lowest BCUT2D eigenvalue weighted by atomic mass is 10.2. The van der Waals surface area contributed by atoms with Gasteiger partial charge in [-0.05, 0) is 12.3 Å². The molecule has 1 rings (SSSR count).